The molecular formula is C13H21FN2O2S. The van der Waals surface area contributed by atoms with Crippen LogP contribution in [0.1, 0.15) is 33.1 Å². The van der Waals surface area contributed by atoms with Crippen molar-refractivity contribution in [3.05, 3.63) is 24.0 Å². The van der Waals surface area contributed by atoms with Crippen LogP contribution < -0.4 is 10.5 Å². The maximum atomic E-state index is 13.1. The monoisotopic (exact) mass is 288 g/mol. The highest BCUT2D eigenvalue weighted by atomic mass is 32.2. The molecule has 0 fully saturated rings. The van der Waals surface area contributed by atoms with E-state index in [2.05, 4.69) is 18.6 Å². The molecule has 0 heterocycles. The predicted octanol–water partition coefficient (Wildman–Crippen LogP) is 2.51. The Kier molecular flexibility index (Phi) is 5.75. The fourth-order valence-electron chi connectivity index (χ4n) is 1.70. The van der Waals surface area contributed by atoms with E-state index in [4.69, 9.17) is 5.73 Å². The first kappa shape index (κ1) is 15.9. The summed E-state index contributed by atoms with van der Waals surface area (Å²) in [6, 6.07) is 3.32. The van der Waals surface area contributed by atoms with Gasteiger partial charge in [0.05, 0.1) is 5.69 Å². The number of benzene rings is 1. The second-order valence-corrected chi connectivity index (χ2v) is 6.70. The molecule has 0 bridgehead atoms. The molecular weight excluding hydrogens is 267 g/mol. The Morgan fingerprint density at radius 2 is 2.00 bits per heavy atom. The Balaban J connectivity index is 2.59. The molecule has 19 heavy (non-hydrogen) atoms. The minimum Gasteiger partial charge on any atom is -0.398 e. The average molecular weight is 288 g/mol. The largest absolute Gasteiger partial charge is 0.398 e. The highest BCUT2D eigenvalue weighted by Crippen LogP contribution is 2.19. The lowest BCUT2D eigenvalue weighted by atomic mass is 10.1. The molecule has 0 radical (unpaired) electrons. The predicted molar refractivity (Wildman–Crippen MR) is 74.7 cm³/mol. The molecule has 0 saturated heterocycles. The number of rotatable bonds is 7. The SMILES string of the molecule is CC(C)CCCCNS(=O)(=O)c1cc(F)ccc1N. The summed E-state index contributed by atoms with van der Waals surface area (Å²) < 4.78 is 39.4. The van der Waals surface area contributed by atoms with Crippen LogP contribution >= 0.6 is 0 Å². The van der Waals surface area contributed by atoms with Gasteiger partial charge in [0.15, 0.2) is 0 Å². The van der Waals surface area contributed by atoms with Crippen molar-refractivity contribution in [3.8, 4) is 0 Å². The molecule has 0 aromatic heterocycles. The third-order valence-electron chi connectivity index (χ3n) is 2.77. The van der Waals surface area contributed by atoms with Crippen LogP contribution in [0, 0.1) is 11.7 Å². The molecule has 1 aromatic rings. The van der Waals surface area contributed by atoms with E-state index < -0.39 is 15.8 Å². The number of hydrogen-bond acceptors (Lipinski definition) is 3. The van der Waals surface area contributed by atoms with Crippen LogP contribution in [0.15, 0.2) is 23.1 Å². The van der Waals surface area contributed by atoms with Crippen molar-refractivity contribution in [2.45, 2.75) is 38.0 Å². The summed E-state index contributed by atoms with van der Waals surface area (Å²) in [7, 11) is -3.73. The quantitative estimate of drug-likeness (QED) is 0.598. The van der Waals surface area contributed by atoms with Gasteiger partial charge in [-0.2, -0.15) is 0 Å². The molecule has 0 spiro atoms. The van der Waals surface area contributed by atoms with Crippen molar-refractivity contribution < 1.29 is 12.8 Å². The normalized spacial score (nSPS) is 12.0. The number of hydrogen-bond donors (Lipinski definition) is 2. The van der Waals surface area contributed by atoms with Crippen molar-refractivity contribution in [2.24, 2.45) is 5.92 Å². The van der Waals surface area contributed by atoms with Gasteiger partial charge < -0.3 is 5.73 Å². The first-order valence-electron chi connectivity index (χ1n) is 6.37. The molecule has 4 nitrogen and oxygen atoms in total. The molecule has 1 aromatic carbocycles. The standard InChI is InChI=1S/C13H21FN2O2S/c1-10(2)5-3-4-8-16-19(17,18)13-9-11(14)6-7-12(13)15/h6-7,9-10,16H,3-5,8,15H2,1-2H3. The van der Waals surface area contributed by atoms with E-state index in [0.717, 1.165) is 31.4 Å². The first-order chi connectivity index (χ1) is 8.83. The first-order valence-corrected chi connectivity index (χ1v) is 7.86. The third-order valence-corrected chi connectivity index (χ3v) is 4.28. The van der Waals surface area contributed by atoms with Gasteiger partial charge in [0.25, 0.3) is 0 Å². The number of unbranched alkanes of at least 4 members (excludes halogenated alkanes) is 1. The lowest BCUT2D eigenvalue weighted by Gasteiger charge is -2.09. The molecule has 3 N–H and O–H groups in total. The summed E-state index contributed by atoms with van der Waals surface area (Å²) in [4.78, 5) is -0.198. The average Bonchev–Trinajstić information content (AvgIpc) is 2.31. The van der Waals surface area contributed by atoms with Gasteiger partial charge in [-0.05, 0) is 30.5 Å². The maximum Gasteiger partial charge on any atom is 0.242 e. The van der Waals surface area contributed by atoms with Gasteiger partial charge >= 0.3 is 0 Å². The fraction of sp³-hybridized carbons (Fsp3) is 0.538. The molecule has 0 unspecified atom stereocenters. The zero-order valence-electron chi connectivity index (χ0n) is 11.3. The summed E-state index contributed by atoms with van der Waals surface area (Å²) in [5, 5.41) is 0. The van der Waals surface area contributed by atoms with Crippen molar-refractivity contribution in [2.75, 3.05) is 12.3 Å². The van der Waals surface area contributed by atoms with Gasteiger partial charge in [0, 0.05) is 6.54 Å². The molecule has 6 heteroatoms. The number of anilines is 1. The van der Waals surface area contributed by atoms with Gasteiger partial charge in [-0.1, -0.05) is 26.7 Å². The summed E-state index contributed by atoms with van der Waals surface area (Å²) >= 11 is 0. The summed E-state index contributed by atoms with van der Waals surface area (Å²) in [6.07, 6.45) is 2.77. The second kappa shape index (κ2) is 6.86. The maximum absolute atomic E-state index is 13.1. The minimum absolute atomic E-state index is 0.0519. The van der Waals surface area contributed by atoms with Gasteiger partial charge in [0.1, 0.15) is 10.7 Å². The number of nitrogens with one attached hydrogen (secondary N) is 1. The highest BCUT2D eigenvalue weighted by molar-refractivity contribution is 7.89. The van der Waals surface area contributed by atoms with E-state index in [1.54, 1.807) is 0 Å². The number of sulfonamides is 1. The third kappa shape index (κ3) is 5.16. The van der Waals surface area contributed by atoms with E-state index in [-0.39, 0.29) is 10.6 Å². The summed E-state index contributed by atoms with van der Waals surface area (Å²) in [5.41, 5.74) is 5.61. The highest BCUT2D eigenvalue weighted by Gasteiger charge is 2.17. The van der Waals surface area contributed by atoms with Gasteiger partial charge in [0.2, 0.25) is 10.0 Å². The lowest BCUT2D eigenvalue weighted by molar-refractivity contribution is 0.530. The number of halogens is 1. The molecule has 0 saturated carbocycles. The van der Waals surface area contributed by atoms with Crippen LogP contribution in [0.2, 0.25) is 0 Å². The Bertz CT molecular complexity index is 515. The minimum atomic E-state index is -3.73. The molecule has 0 atom stereocenters. The van der Waals surface area contributed by atoms with Crippen molar-refractivity contribution >= 4 is 15.7 Å². The topological polar surface area (TPSA) is 72.2 Å². The van der Waals surface area contributed by atoms with E-state index in [1.807, 2.05) is 0 Å². The number of nitrogen functional groups attached to an aromatic ring is 1. The molecule has 0 amide bonds. The van der Waals surface area contributed by atoms with E-state index >= 15 is 0 Å². The second-order valence-electron chi connectivity index (χ2n) is 4.97. The van der Waals surface area contributed by atoms with Crippen molar-refractivity contribution in [1.29, 1.82) is 0 Å². The fourth-order valence-corrected chi connectivity index (χ4v) is 2.92. The zero-order chi connectivity index (χ0) is 14.5. The Hall–Kier alpha value is -1.14. The molecule has 108 valence electrons. The van der Waals surface area contributed by atoms with Crippen LogP contribution in [-0.2, 0) is 10.0 Å². The van der Waals surface area contributed by atoms with Crippen LogP contribution in [0.25, 0.3) is 0 Å². The van der Waals surface area contributed by atoms with E-state index in [0.29, 0.717) is 12.5 Å². The van der Waals surface area contributed by atoms with E-state index in [9.17, 15) is 12.8 Å². The van der Waals surface area contributed by atoms with Gasteiger partial charge in [-0.15, -0.1) is 0 Å². The Morgan fingerprint density at radius 3 is 2.63 bits per heavy atom. The number of nitrogens with two attached hydrogens (primary N) is 1. The van der Waals surface area contributed by atoms with Crippen molar-refractivity contribution in [3.63, 3.8) is 0 Å². The summed E-state index contributed by atoms with van der Waals surface area (Å²) in [6.45, 7) is 4.58. The van der Waals surface area contributed by atoms with E-state index in [1.165, 1.54) is 6.07 Å². The smallest absolute Gasteiger partial charge is 0.242 e. The summed E-state index contributed by atoms with van der Waals surface area (Å²) in [5.74, 6) is -0.00939. The van der Waals surface area contributed by atoms with Crippen LogP contribution in [-0.4, -0.2) is 15.0 Å². The van der Waals surface area contributed by atoms with Crippen LogP contribution in [0.3, 0.4) is 0 Å². The zero-order valence-corrected chi connectivity index (χ0v) is 12.1. The van der Waals surface area contributed by atoms with Crippen molar-refractivity contribution in [1.82, 2.24) is 4.72 Å². The lowest BCUT2D eigenvalue weighted by Crippen LogP contribution is -2.25. The van der Waals surface area contributed by atoms with Gasteiger partial charge in [-0.3, -0.25) is 0 Å². The van der Waals surface area contributed by atoms with Gasteiger partial charge in [-0.25, -0.2) is 17.5 Å². The molecule has 0 aliphatic heterocycles. The Labute approximate surface area is 114 Å². The Morgan fingerprint density at radius 1 is 1.32 bits per heavy atom. The molecule has 1 rings (SSSR count). The van der Waals surface area contributed by atoms with Crippen LogP contribution in [0.5, 0.6) is 0 Å². The molecule has 0 aliphatic rings. The van der Waals surface area contributed by atoms with Crippen LogP contribution in [0.4, 0.5) is 10.1 Å². The molecule has 0 aliphatic carbocycles.